The second kappa shape index (κ2) is 8.82. The quantitative estimate of drug-likeness (QED) is 0.328. The molecule has 2 aromatic heterocycles. The number of halogens is 2. The van der Waals surface area contributed by atoms with Crippen molar-refractivity contribution in [3.8, 4) is 22.6 Å². The molecule has 152 valence electrons. The van der Waals surface area contributed by atoms with Crippen molar-refractivity contribution in [2.24, 2.45) is 0 Å². The van der Waals surface area contributed by atoms with Gasteiger partial charge in [-0.15, -0.1) is 21.5 Å². The number of nitrogen functional groups attached to an aromatic ring is 1. The van der Waals surface area contributed by atoms with Gasteiger partial charge in [0.25, 0.3) is 0 Å². The van der Waals surface area contributed by atoms with Crippen molar-refractivity contribution in [1.29, 1.82) is 0 Å². The molecule has 0 fully saturated rings. The Morgan fingerprint density at radius 3 is 2.73 bits per heavy atom. The average molecular weight is 461 g/mol. The van der Waals surface area contributed by atoms with Gasteiger partial charge in [0, 0.05) is 16.5 Å². The normalized spacial score (nSPS) is 10.9. The topological polar surface area (TPSA) is 98.7 Å². The molecule has 0 radical (unpaired) electrons. The third-order valence-electron chi connectivity index (χ3n) is 4.00. The van der Waals surface area contributed by atoms with E-state index in [0.717, 1.165) is 17.3 Å². The van der Waals surface area contributed by atoms with Crippen molar-refractivity contribution < 1.29 is 9.18 Å². The Bertz CT molecular complexity index is 1190. The molecule has 0 aliphatic heterocycles. The zero-order valence-corrected chi connectivity index (χ0v) is 17.6. The molecule has 7 nitrogen and oxygen atoms in total. The number of nitrogens with zero attached hydrogens (tertiary/aromatic N) is 4. The molecule has 11 heteroatoms. The Morgan fingerprint density at radius 2 is 1.97 bits per heavy atom. The predicted molar refractivity (Wildman–Crippen MR) is 117 cm³/mol. The highest BCUT2D eigenvalue weighted by Crippen LogP contribution is 2.28. The fourth-order valence-corrected chi connectivity index (χ4v) is 4.18. The first-order chi connectivity index (χ1) is 14.5. The van der Waals surface area contributed by atoms with Crippen LogP contribution in [0.15, 0.2) is 59.1 Å². The monoisotopic (exact) mass is 460 g/mol. The highest BCUT2D eigenvalue weighted by molar-refractivity contribution is 7.99. The highest BCUT2D eigenvalue weighted by atomic mass is 35.5. The summed E-state index contributed by atoms with van der Waals surface area (Å²) in [5.41, 5.74) is 2.08. The zero-order valence-electron chi connectivity index (χ0n) is 15.3. The summed E-state index contributed by atoms with van der Waals surface area (Å²) in [6.07, 6.45) is 0. The second-order valence-electron chi connectivity index (χ2n) is 6.04. The van der Waals surface area contributed by atoms with Crippen LogP contribution in [0.1, 0.15) is 0 Å². The number of rotatable bonds is 6. The number of benzene rings is 2. The van der Waals surface area contributed by atoms with Gasteiger partial charge in [-0.05, 0) is 36.4 Å². The van der Waals surface area contributed by atoms with Gasteiger partial charge in [0.2, 0.25) is 11.1 Å². The minimum Gasteiger partial charge on any atom is -0.335 e. The first kappa shape index (κ1) is 20.3. The van der Waals surface area contributed by atoms with Gasteiger partial charge in [-0.25, -0.2) is 14.1 Å². The summed E-state index contributed by atoms with van der Waals surface area (Å²) in [7, 11) is 0. The Hall–Kier alpha value is -2.95. The number of nitrogens with two attached hydrogens (primary N) is 1. The molecule has 0 bridgehead atoms. The van der Waals surface area contributed by atoms with Gasteiger partial charge in [-0.2, -0.15) is 0 Å². The molecular formula is C19H14ClFN6OS2. The van der Waals surface area contributed by atoms with Gasteiger partial charge in [-0.3, -0.25) is 4.79 Å². The molecule has 4 rings (SSSR count). The minimum atomic E-state index is -0.315. The second-order valence-corrected chi connectivity index (χ2v) is 8.25. The van der Waals surface area contributed by atoms with Crippen LogP contribution in [0.25, 0.3) is 22.6 Å². The summed E-state index contributed by atoms with van der Waals surface area (Å²) >= 11 is 8.61. The molecule has 1 amide bonds. The number of aromatic nitrogens is 4. The number of thioether (sulfide) groups is 1. The largest absolute Gasteiger partial charge is 0.335 e. The summed E-state index contributed by atoms with van der Waals surface area (Å²) in [5.74, 6) is 5.97. The van der Waals surface area contributed by atoms with Crippen molar-refractivity contribution >= 4 is 45.7 Å². The van der Waals surface area contributed by atoms with Crippen molar-refractivity contribution in [2.45, 2.75) is 5.16 Å². The van der Waals surface area contributed by atoms with E-state index in [9.17, 15) is 9.18 Å². The summed E-state index contributed by atoms with van der Waals surface area (Å²) in [6.45, 7) is 0. The van der Waals surface area contributed by atoms with E-state index in [-0.39, 0.29) is 17.5 Å². The molecule has 0 spiro atoms. The first-order valence-electron chi connectivity index (χ1n) is 8.61. The fourth-order valence-electron chi connectivity index (χ4n) is 2.57. The molecule has 0 atom stereocenters. The van der Waals surface area contributed by atoms with Crippen LogP contribution in [0, 0.1) is 5.82 Å². The standard InChI is InChI=1S/C19H14ClFN6OS2/c20-14-4-2-1-3-13(14)17-25-26-19(27(17)22)30-10-16(28)24-18-23-15(9-29-18)11-5-7-12(21)8-6-11/h1-9H,10,22H2,(H,23,24,28). The lowest BCUT2D eigenvalue weighted by molar-refractivity contribution is -0.113. The summed E-state index contributed by atoms with van der Waals surface area (Å²) in [5, 5.41) is 14.0. The summed E-state index contributed by atoms with van der Waals surface area (Å²) in [4.78, 5) is 16.6. The summed E-state index contributed by atoms with van der Waals surface area (Å²) in [6, 6.07) is 13.2. The van der Waals surface area contributed by atoms with Crippen molar-refractivity contribution in [3.63, 3.8) is 0 Å². The van der Waals surface area contributed by atoms with Crippen LogP contribution in [0.4, 0.5) is 9.52 Å². The van der Waals surface area contributed by atoms with Gasteiger partial charge in [0.15, 0.2) is 11.0 Å². The van der Waals surface area contributed by atoms with Crippen molar-refractivity contribution in [3.05, 3.63) is 64.8 Å². The lowest BCUT2D eigenvalue weighted by Gasteiger charge is -2.05. The number of anilines is 1. The highest BCUT2D eigenvalue weighted by Gasteiger charge is 2.16. The fraction of sp³-hybridized carbons (Fsp3) is 0.0526. The van der Waals surface area contributed by atoms with E-state index in [1.54, 1.807) is 29.6 Å². The molecule has 2 heterocycles. The lowest BCUT2D eigenvalue weighted by atomic mass is 10.2. The molecule has 0 aliphatic rings. The molecule has 0 saturated carbocycles. The number of hydrogen-bond donors (Lipinski definition) is 2. The van der Waals surface area contributed by atoms with Gasteiger partial charge in [0.05, 0.1) is 16.5 Å². The third-order valence-corrected chi connectivity index (χ3v) is 6.03. The number of amides is 1. The molecule has 3 N–H and O–H groups in total. The van der Waals surface area contributed by atoms with Crippen LogP contribution >= 0.6 is 34.7 Å². The van der Waals surface area contributed by atoms with E-state index in [0.29, 0.717) is 32.4 Å². The van der Waals surface area contributed by atoms with E-state index in [4.69, 9.17) is 17.4 Å². The Balaban J connectivity index is 1.38. The third kappa shape index (κ3) is 4.45. The number of hydrogen-bond acceptors (Lipinski definition) is 7. The molecule has 0 saturated heterocycles. The van der Waals surface area contributed by atoms with E-state index < -0.39 is 0 Å². The van der Waals surface area contributed by atoms with Gasteiger partial charge >= 0.3 is 0 Å². The number of nitrogens with one attached hydrogen (secondary N) is 1. The van der Waals surface area contributed by atoms with E-state index in [1.807, 2.05) is 12.1 Å². The van der Waals surface area contributed by atoms with Crippen LogP contribution in [-0.2, 0) is 4.79 Å². The van der Waals surface area contributed by atoms with Crippen LogP contribution in [0.3, 0.4) is 0 Å². The van der Waals surface area contributed by atoms with E-state index >= 15 is 0 Å². The smallest absolute Gasteiger partial charge is 0.236 e. The first-order valence-corrected chi connectivity index (χ1v) is 10.8. The average Bonchev–Trinajstić information content (AvgIpc) is 3.34. The minimum absolute atomic E-state index is 0.0727. The lowest BCUT2D eigenvalue weighted by Crippen LogP contribution is -2.16. The van der Waals surface area contributed by atoms with Crippen molar-refractivity contribution in [1.82, 2.24) is 19.9 Å². The van der Waals surface area contributed by atoms with Gasteiger partial charge < -0.3 is 11.2 Å². The predicted octanol–water partition coefficient (Wildman–Crippen LogP) is 4.31. The molecule has 30 heavy (non-hydrogen) atoms. The van der Waals surface area contributed by atoms with Crippen LogP contribution in [0.5, 0.6) is 0 Å². The summed E-state index contributed by atoms with van der Waals surface area (Å²) < 4.78 is 14.3. The number of carbonyl (C=O) groups excluding carboxylic acids is 1. The van der Waals surface area contributed by atoms with E-state index in [2.05, 4.69) is 20.5 Å². The SMILES string of the molecule is Nn1c(SCC(=O)Nc2nc(-c3ccc(F)cc3)cs2)nnc1-c1ccccc1Cl. The molecule has 0 unspecified atom stereocenters. The number of carbonyl (C=O) groups is 1. The zero-order chi connectivity index (χ0) is 21.1. The maximum atomic E-state index is 13.0. The molecule has 2 aromatic carbocycles. The van der Waals surface area contributed by atoms with Crippen molar-refractivity contribution in [2.75, 3.05) is 16.9 Å². The number of thiazole rings is 1. The van der Waals surface area contributed by atoms with Crippen LogP contribution in [0.2, 0.25) is 5.02 Å². The maximum Gasteiger partial charge on any atom is 0.236 e. The molecular weight excluding hydrogens is 447 g/mol. The van der Waals surface area contributed by atoms with Gasteiger partial charge in [-0.1, -0.05) is 35.5 Å². The molecule has 0 aliphatic carbocycles. The van der Waals surface area contributed by atoms with Crippen LogP contribution in [-0.4, -0.2) is 31.5 Å². The Kier molecular flexibility index (Phi) is 5.98. The Labute approximate surface area is 184 Å². The van der Waals surface area contributed by atoms with E-state index in [1.165, 1.54) is 28.1 Å². The molecule has 4 aromatic rings. The maximum absolute atomic E-state index is 13.0. The van der Waals surface area contributed by atoms with Crippen LogP contribution < -0.4 is 11.2 Å². The van der Waals surface area contributed by atoms with Gasteiger partial charge in [0.1, 0.15) is 5.82 Å². The Morgan fingerprint density at radius 1 is 1.20 bits per heavy atom.